The van der Waals surface area contributed by atoms with E-state index in [1.165, 1.54) is 19.1 Å². The summed E-state index contributed by atoms with van der Waals surface area (Å²) in [6.07, 6.45) is 1.73. The molecule has 1 aromatic heterocycles. The van der Waals surface area contributed by atoms with Gasteiger partial charge < -0.3 is 9.30 Å². The van der Waals surface area contributed by atoms with Gasteiger partial charge in [-0.15, -0.1) is 0 Å². The molecular formula is C17H14FNO2. The molecule has 3 rings (SSSR count). The van der Waals surface area contributed by atoms with Crippen LogP contribution in [0.4, 0.5) is 4.39 Å². The second-order valence-corrected chi connectivity index (χ2v) is 4.86. The summed E-state index contributed by atoms with van der Waals surface area (Å²) in [5, 5.41) is 0.598. The van der Waals surface area contributed by atoms with Crippen LogP contribution in [0.1, 0.15) is 12.5 Å². The number of fused-ring (bicyclic) bond motifs is 1. The Kier molecular flexibility index (Phi) is 3.44. The lowest BCUT2D eigenvalue weighted by molar-refractivity contribution is -0.131. The Bertz CT molecular complexity index is 793. The Morgan fingerprint density at radius 2 is 1.95 bits per heavy atom. The van der Waals surface area contributed by atoms with Crippen LogP contribution in [-0.4, -0.2) is 10.5 Å². The molecule has 0 saturated carbocycles. The molecule has 1 heterocycles. The highest BCUT2D eigenvalue weighted by Crippen LogP contribution is 2.29. The molecule has 0 fully saturated rings. The molecule has 2 aromatic carbocycles. The first-order chi connectivity index (χ1) is 10.1. The van der Waals surface area contributed by atoms with Gasteiger partial charge in [0.2, 0.25) is 0 Å². The highest BCUT2D eigenvalue weighted by Gasteiger charge is 2.12. The van der Waals surface area contributed by atoms with Crippen LogP contribution in [0.2, 0.25) is 0 Å². The Morgan fingerprint density at radius 3 is 2.67 bits per heavy atom. The van der Waals surface area contributed by atoms with Crippen molar-refractivity contribution in [2.24, 2.45) is 0 Å². The molecule has 0 aliphatic heterocycles. The molecule has 0 saturated heterocycles. The lowest BCUT2D eigenvalue weighted by Gasteiger charge is -2.04. The zero-order chi connectivity index (χ0) is 14.8. The van der Waals surface area contributed by atoms with Crippen LogP contribution < -0.4 is 4.74 Å². The molecule has 0 amide bonds. The van der Waals surface area contributed by atoms with E-state index in [0.717, 1.165) is 11.1 Å². The van der Waals surface area contributed by atoms with Gasteiger partial charge in [0.05, 0.1) is 5.52 Å². The number of halogens is 1. The van der Waals surface area contributed by atoms with Crippen LogP contribution >= 0.6 is 0 Å². The first-order valence-electron chi connectivity index (χ1n) is 6.64. The summed E-state index contributed by atoms with van der Waals surface area (Å²) in [5.74, 6) is -0.390. The standard InChI is InChI=1S/C17H14FNO2/c1-12(20)21-17-11-19(10-13-5-3-2-4-6-13)16-8-7-14(18)9-15(16)17/h2-9,11H,10H2,1H3. The van der Waals surface area contributed by atoms with Crippen molar-refractivity contribution in [3.8, 4) is 5.75 Å². The fourth-order valence-electron chi connectivity index (χ4n) is 2.38. The molecule has 0 aliphatic carbocycles. The van der Waals surface area contributed by atoms with Crippen LogP contribution in [0.3, 0.4) is 0 Å². The molecule has 0 unspecified atom stereocenters. The van der Waals surface area contributed by atoms with Crippen molar-refractivity contribution in [3.63, 3.8) is 0 Å². The van der Waals surface area contributed by atoms with Crippen molar-refractivity contribution >= 4 is 16.9 Å². The summed E-state index contributed by atoms with van der Waals surface area (Å²) in [5.41, 5.74) is 1.95. The summed E-state index contributed by atoms with van der Waals surface area (Å²) in [4.78, 5) is 11.2. The normalized spacial score (nSPS) is 10.8. The van der Waals surface area contributed by atoms with Gasteiger partial charge in [0.15, 0.2) is 5.75 Å². The fraction of sp³-hybridized carbons (Fsp3) is 0.118. The quantitative estimate of drug-likeness (QED) is 0.685. The van der Waals surface area contributed by atoms with Gasteiger partial charge in [-0.1, -0.05) is 30.3 Å². The number of rotatable bonds is 3. The van der Waals surface area contributed by atoms with Crippen molar-refractivity contribution in [1.82, 2.24) is 4.57 Å². The first-order valence-corrected chi connectivity index (χ1v) is 6.64. The van der Waals surface area contributed by atoms with E-state index in [2.05, 4.69) is 0 Å². The molecule has 106 valence electrons. The number of aromatic nitrogens is 1. The Morgan fingerprint density at radius 1 is 1.19 bits per heavy atom. The minimum Gasteiger partial charge on any atom is -0.424 e. The summed E-state index contributed by atoms with van der Waals surface area (Å²) in [7, 11) is 0. The summed E-state index contributed by atoms with van der Waals surface area (Å²) in [6, 6.07) is 14.4. The van der Waals surface area contributed by atoms with Crippen molar-refractivity contribution in [1.29, 1.82) is 0 Å². The van der Waals surface area contributed by atoms with Crippen LogP contribution in [0.25, 0.3) is 10.9 Å². The van der Waals surface area contributed by atoms with Crippen LogP contribution in [0.5, 0.6) is 5.75 Å². The second kappa shape index (κ2) is 5.40. The van der Waals surface area contributed by atoms with Gasteiger partial charge in [-0.05, 0) is 23.8 Å². The molecule has 0 bridgehead atoms. The predicted octanol–water partition coefficient (Wildman–Crippen LogP) is 3.75. The summed E-state index contributed by atoms with van der Waals surface area (Å²) in [6.45, 7) is 1.96. The average Bonchev–Trinajstić information content (AvgIpc) is 2.77. The number of hydrogen-bond acceptors (Lipinski definition) is 2. The van der Waals surface area contributed by atoms with Gasteiger partial charge in [-0.2, -0.15) is 0 Å². The Balaban J connectivity index is 2.08. The molecule has 0 N–H and O–H groups in total. The number of hydrogen-bond donors (Lipinski definition) is 0. The number of nitrogens with zero attached hydrogens (tertiary/aromatic N) is 1. The zero-order valence-corrected chi connectivity index (χ0v) is 11.5. The van der Waals surface area contributed by atoms with E-state index in [9.17, 15) is 9.18 Å². The van der Waals surface area contributed by atoms with Crippen LogP contribution in [-0.2, 0) is 11.3 Å². The fourth-order valence-corrected chi connectivity index (χ4v) is 2.38. The zero-order valence-electron chi connectivity index (χ0n) is 11.5. The number of esters is 1. The number of carbonyl (C=O) groups is 1. The SMILES string of the molecule is CC(=O)Oc1cn(Cc2ccccc2)c2ccc(F)cc12. The van der Waals surface area contributed by atoms with E-state index in [4.69, 9.17) is 4.74 Å². The molecule has 4 heteroatoms. The van der Waals surface area contributed by atoms with E-state index >= 15 is 0 Å². The van der Waals surface area contributed by atoms with Gasteiger partial charge in [0, 0.05) is 25.1 Å². The van der Waals surface area contributed by atoms with E-state index in [0.29, 0.717) is 17.7 Å². The minimum absolute atomic E-state index is 0.353. The largest absolute Gasteiger partial charge is 0.424 e. The summed E-state index contributed by atoms with van der Waals surface area (Å²) < 4.78 is 20.6. The van der Waals surface area contributed by atoms with E-state index in [1.54, 1.807) is 12.3 Å². The molecule has 3 aromatic rings. The topological polar surface area (TPSA) is 31.2 Å². The molecule has 0 atom stereocenters. The molecule has 0 aliphatic rings. The van der Waals surface area contributed by atoms with Gasteiger partial charge in [-0.25, -0.2) is 4.39 Å². The second-order valence-electron chi connectivity index (χ2n) is 4.86. The Labute approximate surface area is 121 Å². The monoisotopic (exact) mass is 283 g/mol. The van der Waals surface area contributed by atoms with Crippen molar-refractivity contribution in [3.05, 3.63) is 66.1 Å². The molecule has 21 heavy (non-hydrogen) atoms. The van der Waals surface area contributed by atoms with Gasteiger partial charge >= 0.3 is 5.97 Å². The highest BCUT2D eigenvalue weighted by molar-refractivity contribution is 5.89. The van der Waals surface area contributed by atoms with E-state index < -0.39 is 5.97 Å². The first kappa shape index (κ1) is 13.4. The van der Waals surface area contributed by atoms with E-state index in [1.807, 2.05) is 34.9 Å². The Hall–Kier alpha value is -2.62. The lowest BCUT2D eigenvalue weighted by atomic mass is 10.2. The molecule has 0 radical (unpaired) electrons. The summed E-state index contributed by atoms with van der Waals surface area (Å²) >= 11 is 0. The molecular weight excluding hydrogens is 269 g/mol. The predicted molar refractivity (Wildman–Crippen MR) is 78.7 cm³/mol. The van der Waals surface area contributed by atoms with E-state index in [-0.39, 0.29) is 5.82 Å². The number of carbonyl (C=O) groups excluding carboxylic acids is 1. The molecule has 3 nitrogen and oxygen atoms in total. The third kappa shape index (κ3) is 2.79. The van der Waals surface area contributed by atoms with Gasteiger partial charge in [0.1, 0.15) is 5.82 Å². The van der Waals surface area contributed by atoms with Crippen molar-refractivity contribution in [2.75, 3.05) is 0 Å². The van der Waals surface area contributed by atoms with Gasteiger partial charge in [0.25, 0.3) is 0 Å². The van der Waals surface area contributed by atoms with Crippen molar-refractivity contribution in [2.45, 2.75) is 13.5 Å². The van der Waals surface area contributed by atoms with Gasteiger partial charge in [-0.3, -0.25) is 4.79 Å². The number of benzene rings is 2. The lowest BCUT2D eigenvalue weighted by Crippen LogP contribution is -2.01. The van der Waals surface area contributed by atoms with Crippen LogP contribution in [0.15, 0.2) is 54.7 Å². The maximum atomic E-state index is 13.4. The molecule has 0 spiro atoms. The average molecular weight is 283 g/mol. The number of ether oxygens (including phenoxy) is 1. The van der Waals surface area contributed by atoms with Crippen LogP contribution in [0, 0.1) is 5.82 Å². The third-order valence-corrected chi connectivity index (χ3v) is 3.26. The maximum absolute atomic E-state index is 13.4. The third-order valence-electron chi connectivity index (χ3n) is 3.26. The van der Waals surface area contributed by atoms with Crippen molar-refractivity contribution < 1.29 is 13.9 Å². The highest BCUT2D eigenvalue weighted by atomic mass is 19.1. The minimum atomic E-state index is -0.418. The maximum Gasteiger partial charge on any atom is 0.308 e. The smallest absolute Gasteiger partial charge is 0.308 e.